The van der Waals surface area contributed by atoms with Gasteiger partial charge in [-0.3, -0.25) is 14.4 Å². The molecule has 0 spiro atoms. The van der Waals surface area contributed by atoms with Crippen molar-refractivity contribution < 1.29 is 24.3 Å². The van der Waals surface area contributed by atoms with E-state index in [0.29, 0.717) is 0 Å². The molecule has 1 aliphatic heterocycles. The third kappa shape index (κ3) is 3.51. The van der Waals surface area contributed by atoms with E-state index < -0.39 is 29.7 Å². The van der Waals surface area contributed by atoms with Gasteiger partial charge < -0.3 is 10.4 Å². The molecule has 1 unspecified atom stereocenters. The lowest BCUT2D eigenvalue weighted by atomic mass is 10.0. The van der Waals surface area contributed by atoms with Crippen LogP contribution in [-0.4, -0.2) is 34.8 Å². The second-order valence-electron chi connectivity index (χ2n) is 7.00. The Hall–Kier alpha value is -3.48. The van der Waals surface area contributed by atoms with Crippen molar-refractivity contribution in [2.24, 2.45) is 5.92 Å². The summed E-state index contributed by atoms with van der Waals surface area (Å²) in [7, 11) is 0. The molecule has 0 saturated heterocycles. The Bertz CT molecular complexity index is 932. The number of carbonyl (C=O) groups is 4. The van der Waals surface area contributed by atoms with Crippen LogP contribution in [0.1, 0.15) is 51.3 Å². The molecule has 0 saturated carbocycles. The number of amides is 3. The molecule has 0 bridgehead atoms. The zero-order valence-corrected chi connectivity index (χ0v) is 15.5. The second kappa shape index (κ2) is 7.64. The van der Waals surface area contributed by atoms with E-state index in [1.807, 2.05) is 13.8 Å². The van der Waals surface area contributed by atoms with Crippen molar-refractivity contribution >= 4 is 29.4 Å². The SMILES string of the molecule is CC(C)CC(NC(=O)c1ccccc1N1C(=O)c2ccccc2C1=O)C(=O)O. The maximum atomic E-state index is 12.8. The minimum Gasteiger partial charge on any atom is -0.480 e. The van der Waals surface area contributed by atoms with Gasteiger partial charge in [-0.15, -0.1) is 0 Å². The quantitative estimate of drug-likeness (QED) is 0.750. The van der Waals surface area contributed by atoms with Gasteiger partial charge in [0.2, 0.25) is 0 Å². The standard InChI is InChI=1S/C21H20N2O5/c1-12(2)11-16(21(27)28)22-18(24)15-9-5-6-10-17(15)23-19(25)13-7-3-4-8-14(13)20(23)26/h3-10,12,16H,11H2,1-2H3,(H,22,24)(H,27,28). The average Bonchev–Trinajstić information content (AvgIpc) is 2.91. The van der Waals surface area contributed by atoms with Crippen LogP contribution >= 0.6 is 0 Å². The monoisotopic (exact) mass is 380 g/mol. The van der Waals surface area contributed by atoms with Gasteiger partial charge in [0.1, 0.15) is 6.04 Å². The largest absolute Gasteiger partial charge is 0.480 e. The first-order valence-corrected chi connectivity index (χ1v) is 8.91. The summed E-state index contributed by atoms with van der Waals surface area (Å²) < 4.78 is 0. The van der Waals surface area contributed by atoms with Gasteiger partial charge >= 0.3 is 5.97 Å². The molecule has 2 N–H and O–H groups in total. The summed E-state index contributed by atoms with van der Waals surface area (Å²) in [5, 5.41) is 11.9. The lowest BCUT2D eigenvalue weighted by molar-refractivity contribution is -0.139. The van der Waals surface area contributed by atoms with Crippen molar-refractivity contribution in [2.45, 2.75) is 26.3 Å². The number of carboxylic acid groups (broad SMARTS) is 1. The van der Waals surface area contributed by atoms with E-state index >= 15 is 0 Å². The van der Waals surface area contributed by atoms with Crippen molar-refractivity contribution in [3.63, 3.8) is 0 Å². The molecule has 1 atom stereocenters. The molecule has 2 aromatic rings. The number of nitrogens with zero attached hydrogens (tertiary/aromatic N) is 1. The van der Waals surface area contributed by atoms with Crippen molar-refractivity contribution in [2.75, 3.05) is 4.90 Å². The number of para-hydroxylation sites is 1. The summed E-state index contributed by atoms with van der Waals surface area (Å²) in [5.74, 6) is -2.76. The lowest BCUT2D eigenvalue weighted by Gasteiger charge is -2.20. The van der Waals surface area contributed by atoms with Gasteiger partial charge in [0.15, 0.2) is 0 Å². The molecule has 144 valence electrons. The predicted octanol–water partition coefficient (Wildman–Crippen LogP) is 2.72. The molecule has 1 heterocycles. The van der Waals surface area contributed by atoms with Crippen molar-refractivity contribution in [1.29, 1.82) is 0 Å². The number of carboxylic acids is 1. The summed E-state index contributed by atoms with van der Waals surface area (Å²) in [6.07, 6.45) is 0.260. The number of carbonyl (C=O) groups excluding carboxylic acids is 3. The van der Waals surface area contributed by atoms with Crippen molar-refractivity contribution in [3.05, 3.63) is 65.2 Å². The number of benzene rings is 2. The molecule has 3 amide bonds. The highest BCUT2D eigenvalue weighted by molar-refractivity contribution is 6.35. The average molecular weight is 380 g/mol. The second-order valence-corrected chi connectivity index (χ2v) is 7.00. The van der Waals surface area contributed by atoms with E-state index in [9.17, 15) is 24.3 Å². The number of anilines is 1. The highest BCUT2D eigenvalue weighted by atomic mass is 16.4. The third-order valence-corrected chi connectivity index (χ3v) is 4.49. The van der Waals surface area contributed by atoms with Gasteiger partial charge in [-0.1, -0.05) is 38.1 Å². The van der Waals surface area contributed by atoms with Crippen molar-refractivity contribution in [1.82, 2.24) is 5.32 Å². The zero-order valence-electron chi connectivity index (χ0n) is 15.5. The highest BCUT2D eigenvalue weighted by Crippen LogP contribution is 2.30. The topological polar surface area (TPSA) is 104 Å². The molecule has 1 aliphatic rings. The van der Waals surface area contributed by atoms with E-state index in [-0.39, 0.29) is 34.7 Å². The maximum absolute atomic E-state index is 12.8. The summed E-state index contributed by atoms with van der Waals surface area (Å²) in [6.45, 7) is 3.71. The van der Waals surface area contributed by atoms with Gasteiger partial charge in [0, 0.05) is 0 Å². The summed E-state index contributed by atoms with van der Waals surface area (Å²) >= 11 is 0. The number of hydrogen-bond acceptors (Lipinski definition) is 4. The van der Waals surface area contributed by atoms with Crippen molar-refractivity contribution in [3.8, 4) is 0 Å². The Labute approximate surface area is 162 Å². The van der Waals surface area contributed by atoms with Gasteiger partial charge in [0.25, 0.3) is 17.7 Å². The Morgan fingerprint density at radius 1 is 0.964 bits per heavy atom. The number of rotatable bonds is 6. The van der Waals surface area contributed by atoms with Crippen LogP contribution in [0, 0.1) is 5.92 Å². The van der Waals surface area contributed by atoms with Gasteiger partial charge in [0.05, 0.1) is 22.4 Å². The summed E-state index contributed by atoms with van der Waals surface area (Å²) in [5.41, 5.74) is 0.726. The molecular formula is C21H20N2O5. The van der Waals surface area contributed by atoms with Crippen LogP contribution in [0.25, 0.3) is 0 Å². The molecule has 0 radical (unpaired) electrons. The molecule has 0 fully saturated rings. The van der Waals surface area contributed by atoms with Gasteiger partial charge in [-0.05, 0) is 36.6 Å². The first kappa shape index (κ1) is 19.3. The van der Waals surface area contributed by atoms with E-state index in [2.05, 4.69) is 5.32 Å². The van der Waals surface area contributed by atoms with Crippen LogP contribution in [0.3, 0.4) is 0 Å². The van der Waals surface area contributed by atoms with E-state index in [1.165, 1.54) is 12.1 Å². The van der Waals surface area contributed by atoms with Crippen LogP contribution in [-0.2, 0) is 4.79 Å². The van der Waals surface area contributed by atoms with Crippen LogP contribution in [0.2, 0.25) is 0 Å². The minimum atomic E-state index is -1.14. The minimum absolute atomic E-state index is 0.0620. The number of aliphatic carboxylic acids is 1. The molecule has 7 nitrogen and oxygen atoms in total. The van der Waals surface area contributed by atoms with E-state index in [4.69, 9.17) is 0 Å². The van der Waals surface area contributed by atoms with Crippen LogP contribution in [0.4, 0.5) is 5.69 Å². The lowest BCUT2D eigenvalue weighted by Crippen LogP contribution is -2.42. The fourth-order valence-electron chi connectivity index (χ4n) is 3.20. The van der Waals surface area contributed by atoms with E-state index in [0.717, 1.165) is 4.90 Å². The summed E-state index contributed by atoms with van der Waals surface area (Å²) in [4.78, 5) is 50.7. The van der Waals surface area contributed by atoms with Crippen LogP contribution < -0.4 is 10.2 Å². The Balaban J connectivity index is 1.94. The smallest absolute Gasteiger partial charge is 0.326 e. The fraction of sp³-hybridized carbons (Fsp3) is 0.238. The first-order valence-electron chi connectivity index (χ1n) is 8.91. The maximum Gasteiger partial charge on any atom is 0.326 e. The third-order valence-electron chi connectivity index (χ3n) is 4.49. The van der Waals surface area contributed by atoms with Crippen LogP contribution in [0.15, 0.2) is 48.5 Å². The van der Waals surface area contributed by atoms with Gasteiger partial charge in [-0.25, -0.2) is 9.69 Å². The molecule has 3 rings (SSSR count). The highest BCUT2D eigenvalue weighted by Gasteiger charge is 2.38. The zero-order chi connectivity index (χ0) is 20.4. The Kier molecular flexibility index (Phi) is 5.26. The molecule has 2 aromatic carbocycles. The number of nitrogens with one attached hydrogen (secondary N) is 1. The molecule has 7 heteroatoms. The first-order chi connectivity index (χ1) is 13.3. The van der Waals surface area contributed by atoms with E-state index in [1.54, 1.807) is 36.4 Å². The molecule has 28 heavy (non-hydrogen) atoms. The Morgan fingerprint density at radius 3 is 2.04 bits per heavy atom. The number of fused-ring (bicyclic) bond motifs is 1. The molecule has 0 aliphatic carbocycles. The van der Waals surface area contributed by atoms with Crippen LogP contribution in [0.5, 0.6) is 0 Å². The predicted molar refractivity (Wildman–Crippen MR) is 102 cm³/mol. The normalized spacial score (nSPS) is 14.2. The summed E-state index contributed by atoms with van der Waals surface area (Å²) in [6, 6.07) is 11.5. The Morgan fingerprint density at radius 2 is 1.50 bits per heavy atom. The number of imide groups is 1. The number of hydrogen-bond donors (Lipinski definition) is 2. The van der Waals surface area contributed by atoms with Gasteiger partial charge in [-0.2, -0.15) is 0 Å². The molecular weight excluding hydrogens is 360 g/mol. The molecule has 0 aromatic heterocycles. The fourth-order valence-corrected chi connectivity index (χ4v) is 3.20.